The van der Waals surface area contributed by atoms with Gasteiger partial charge >= 0.3 is 0 Å². The maximum Gasteiger partial charge on any atom is 0.0107 e. The minimum atomic E-state index is 0.539. The Bertz CT molecular complexity index is 131. The second-order valence-corrected chi connectivity index (χ2v) is 4.90. The van der Waals surface area contributed by atoms with Gasteiger partial charge in [-0.05, 0) is 30.2 Å². The molecule has 1 N–H and O–H groups in total. The molecule has 0 spiro atoms. The Morgan fingerprint density at radius 2 is 2.00 bits per heavy atom. The van der Waals surface area contributed by atoms with Crippen LogP contribution >= 0.6 is 0 Å². The van der Waals surface area contributed by atoms with Crippen molar-refractivity contribution >= 4 is 0 Å². The van der Waals surface area contributed by atoms with E-state index in [0.717, 1.165) is 17.9 Å². The first kappa shape index (κ1) is 6.66. The Kier molecular flexibility index (Phi) is 1.17. The van der Waals surface area contributed by atoms with E-state index in [-0.39, 0.29) is 0 Å². The summed E-state index contributed by atoms with van der Waals surface area (Å²) >= 11 is 0. The highest BCUT2D eigenvalue weighted by atomic mass is 15.0. The first-order chi connectivity index (χ1) is 4.59. The zero-order valence-corrected chi connectivity index (χ0v) is 7.15. The Morgan fingerprint density at radius 1 is 1.30 bits per heavy atom. The van der Waals surface area contributed by atoms with E-state index >= 15 is 0 Å². The van der Waals surface area contributed by atoms with Crippen LogP contribution in [-0.4, -0.2) is 12.6 Å². The van der Waals surface area contributed by atoms with Gasteiger partial charge in [-0.25, -0.2) is 0 Å². The summed E-state index contributed by atoms with van der Waals surface area (Å²) in [6.45, 7) is 8.38. The van der Waals surface area contributed by atoms with E-state index in [9.17, 15) is 0 Å². The normalized spacial score (nSPS) is 45.3. The molecule has 1 aliphatic carbocycles. The van der Waals surface area contributed by atoms with E-state index in [1.807, 2.05) is 0 Å². The highest BCUT2D eigenvalue weighted by molar-refractivity contribution is 5.06. The van der Waals surface area contributed by atoms with Crippen molar-refractivity contribution in [3.63, 3.8) is 0 Å². The fourth-order valence-corrected chi connectivity index (χ4v) is 2.79. The SMILES string of the molecule is CC(C)(C)C1C2CNC1C2. The Balaban J connectivity index is 2.09. The molecule has 2 bridgehead atoms. The molecule has 1 heteroatoms. The first-order valence-corrected chi connectivity index (χ1v) is 4.32. The van der Waals surface area contributed by atoms with E-state index in [2.05, 4.69) is 26.1 Å². The Labute approximate surface area is 63.2 Å². The van der Waals surface area contributed by atoms with Gasteiger partial charge in [0.1, 0.15) is 0 Å². The van der Waals surface area contributed by atoms with Gasteiger partial charge in [0, 0.05) is 6.04 Å². The molecule has 3 atom stereocenters. The van der Waals surface area contributed by atoms with Crippen molar-refractivity contribution in [2.24, 2.45) is 17.3 Å². The van der Waals surface area contributed by atoms with Gasteiger partial charge in [0.2, 0.25) is 0 Å². The topological polar surface area (TPSA) is 12.0 Å². The fraction of sp³-hybridized carbons (Fsp3) is 1.00. The van der Waals surface area contributed by atoms with Gasteiger partial charge < -0.3 is 5.32 Å². The Morgan fingerprint density at radius 3 is 2.20 bits per heavy atom. The molecule has 0 amide bonds. The lowest BCUT2D eigenvalue weighted by Gasteiger charge is -2.44. The monoisotopic (exact) mass is 139 g/mol. The van der Waals surface area contributed by atoms with E-state index in [0.29, 0.717) is 5.41 Å². The lowest BCUT2D eigenvalue weighted by atomic mass is 9.61. The Hall–Kier alpha value is -0.0400. The number of fused-ring (bicyclic) bond motifs is 1. The molecule has 10 heavy (non-hydrogen) atoms. The van der Waals surface area contributed by atoms with E-state index < -0.39 is 0 Å². The minimum Gasteiger partial charge on any atom is -0.313 e. The third kappa shape index (κ3) is 0.731. The highest BCUT2D eigenvalue weighted by Crippen LogP contribution is 2.49. The summed E-state index contributed by atoms with van der Waals surface area (Å²) in [6, 6.07) is 0.866. The summed E-state index contributed by atoms with van der Waals surface area (Å²) in [7, 11) is 0. The number of hydrogen-bond donors (Lipinski definition) is 1. The lowest BCUT2D eigenvalue weighted by molar-refractivity contribution is 0.0809. The molecule has 2 aliphatic heterocycles. The number of nitrogens with one attached hydrogen (secondary N) is 1. The van der Waals surface area contributed by atoms with E-state index in [1.165, 1.54) is 13.0 Å². The predicted molar refractivity (Wildman–Crippen MR) is 42.8 cm³/mol. The largest absolute Gasteiger partial charge is 0.313 e. The molecule has 1 saturated carbocycles. The maximum absolute atomic E-state index is 3.55. The van der Waals surface area contributed by atoms with Crippen LogP contribution in [0.3, 0.4) is 0 Å². The molecule has 3 rings (SSSR count). The summed E-state index contributed by atoms with van der Waals surface area (Å²) in [5, 5.41) is 3.55. The molecule has 2 heterocycles. The van der Waals surface area contributed by atoms with Crippen LogP contribution in [0.25, 0.3) is 0 Å². The zero-order chi connectivity index (χ0) is 7.35. The molecule has 58 valence electrons. The van der Waals surface area contributed by atoms with Crippen molar-refractivity contribution in [2.45, 2.75) is 33.2 Å². The molecular formula is C9H17N. The van der Waals surface area contributed by atoms with Crippen LogP contribution in [-0.2, 0) is 0 Å². The summed E-state index contributed by atoms with van der Waals surface area (Å²) in [6.07, 6.45) is 1.45. The van der Waals surface area contributed by atoms with Gasteiger partial charge in [0.15, 0.2) is 0 Å². The summed E-state index contributed by atoms with van der Waals surface area (Å²) < 4.78 is 0. The van der Waals surface area contributed by atoms with Crippen molar-refractivity contribution in [1.29, 1.82) is 0 Å². The third-order valence-corrected chi connectivity index (χ3v) is 3.14. The molecule has 0 aromatic rings. The van der Waals surface area contributed by atoms with Gasteiger partial charge in [0.05, 0.1) is 0 Å². The van der Waals surface area contributed by atoms with Crippen LogP contribution in [0, 0.1) is 17.3 Å². The van der Waals surface area contributed by atoms with Crippen LogP contribution in [0.2, 0.25) is 0 Å². The zero-order valence-electron chi connectivity index (χ0n) is 7.15. The number of hydrogen-bond acceptors (Lipinski definition) is 1. The minimum absolute atomic E-state index is 0.539. The molecule has 0 aromatic heterocycles. The van der Waals surface area contributed by atoms with E-state index in [1.54, 1.807) is 0 Å². The second kappa shape index (κ2) is 1.76. The standard InChI is InChI=1S/C9H17N/c1-9(2,3)8-6-4-7(8)10-5-6/h6-8,10H,4-5H2,1-3H3. The highest BCUT2D eigenvalue weighted by Gasteiger charge is 2.51. The summed E-state index contributed by atoms with van der Waals surface area (Å²) in [5.74, 6) is 1.97. The summed E-state index contributed by atoms with van der Waals surface area (Å²) in [5.41, 5.74) is 0.539. The maximum atomic E-state index is 3.55. The molecule has 0 radical (unpaired) electrons. The van der Waals surface area contributed by atoms with Gasteiger partial charge in [0.25, 0.3) is 0 Å². The predicted octanol–water partition coefficient (Wildman–Crippen LogP) is 1.64. The van der Waals surface area contributed by atoms with Crippen LogP contribution < -0.4 is 5.32 Å². The third-order valence-electron chi connectivity index (χ3n) is 3.14. The lowest BCUT2D eigenvalue weighted by Crippen LogP contribution is -2.44. The van der Waals surface area contributed by atoms with Crippen LogP contribution in [0.15, 0.2) is 0 Å². The van der Waals surface area contributed by atoms with Gasteiger partial charge in [-0.15, -0.1) is 0 Å². The van der Waals surface area contributed by atoms with E-state index in [4.69, 9.17) is 0 Å². The van der Waals surface area contributed by atoms with Crippen molar-refractivity contribution in [2.75, 3.05) is 6.54 Å². The van der Waals surface area contributed by atoms with Crippen LogP contribution in [0.5, 0.6) is 0 Å². The van der Waals surface area contributed by atoms with Crippen LogP contribution in [0.1, 0.15) is 27.2 Å². The molecule has 2 saturated heterocycles. The van der Waals surface area contributed by atoms with Gasteiger partial charge in [-0.3, -0.25) is 0 Å². The molecule has 3 aliphatic rings. The van der Waals surface area contributed by atoms with Crippen molar-refractivity contribution in [1.82, 2.24) is 5.32 Å². The summed E-state index contributed by atoms with van der Waals surface area (Å²) in [4.78, 5) is 0. The smallest absolute Gasteiger partial charge is 0.0107 e. The first-order valence-electron chi connectivity index (χ1n) is 4.32. The molecule has 3 fully saturated rings. The quantitative estimate of drug-likeness (QED) is 0.538. The van der Waals surface area contributed by atoms with Gasteiger partial charge in [-0.2, -0.15) is 0 Å². The van der Waals surface area contributed by atoms with Crippen molar-refractivity contribution in [3.8, 4) is 0 Å². The molecule has 0 aromatic carbocycles. The fourth-order valence-electron chi connectivity index (χ4n) is 2.79. The van der Waals surface area contributed by atoms with Crippen molar-refractivity contribution < 1.29 is 0 Å². The second-order valence-electron chi connectivity index (χ2n) is 4.90. The molecule has 1 nitrogen and oxygen atoms in total. The average Bonchev–Trinajstić information content (AvgIpc) is 2.08. The average molecular weight is 139 g/mol. The van der Waals surface area contributed by atoms with Gasteiger partial charge in [-0.1, -0.05) is 20.8 Å². The molecule has 3 unspecified atom stereocenters. The van der Waals surface area contributed by atoms with Crippen molar-refractivity contribution in [3.05, 3.63) is 0 Å². The molecular weight excluding hydrogens is 122 g/mol. The van der Waals surface area contributed by atoms with Crippen LogP contribution in [0.4, 0.5) is 0 Å². The number of rotatable bonds is 0.